The van der Waals surface area contributed by atoms with Crippen molar-refractivity contribution < 1.29 is 4.79 Å². The molecule has 4 heterocycles. The Labute approximate surface area is 160 Å². The van der Waals surface area contributed by atoms with Gasteiger partial charge in [0.2, 0.25) is 0 Å². The molecule has 4 aromatic rings. The number of carbonyl (C=O) groups is 1. The van der Waals surface area contributed by atoms with E-state index in [1.54, 1.807) is 33.9 Å². The summed E-state index contributed by atoms with van der Waals surface area (Å²) in [4.78, 5) is 25.3. The molecule has 140 valence electrons. The van der Waals surface area contributed by atoms with Crippen molar-refractivity contribution >= 4 is 28.4 Å². The number of carbonyl (C=O) groups excluding carboxylic acids is 1. The lowest BCUT2D eigenvalue weighted by Crippen LogP contribution is -2.60. The molecular formula is C19H18N8O. The van der Waals surface area contributed by atoms with E-state index in [0.29, 0.717) is 5.56 Å². The van der Waals surface area contributed by atoms with Crippen molar-refractivity contribution in [3.63, 3.8) is 0 Å². The van der Waals surface area contributed by atoms with Gasteiger partial charge < -0.3 is 9.80 Å². The van der Waals surface area contributed by atoms with Crippen LogP contribution in [0.3, 0.4) is 0 Å². The highest BCUT2D eigenvalue weighted by Gasteiger charge is 2.34. The lowest BCUT2D eigenvalue weighted by molar-refractivity contribution is 0.0705. The Kier molecular flexibility index (Phi) is 3.68. The summed E-state index contributed by atoms with van der Waals surface area (Å²) in [6.07, 6.45) is 3.27. The summed E-state index contributed by atoms with van der Waals surface area (Å²) >= 11 is 0. The van der Waals surface area contributed by atoms with Crippen molar-refractivity contribution in [3.05, 3.63) is 54.1 Å². The number of aromatic nitrogens is 6. The molecule has 0 spiro atoms. The highest BCUT2D eigenvalue weighted by molar-refractivity contribution is 5.97. The van der Waals surface area contributed by atoms with Crippen molar-refractivity contribution in [1.29, 1.82) is 0 Å². The van der Waals surface area contributed by atoms with E-state index in [4.69, 9.17) is 0 Å². The minimum Gasteiger partial charge on any atom is -0.351 e. The molecule has 9 nitrogen and oxygen atoms in total. The fourth-order valence-electron chi connectivity index (χ4n) is 3.41. The lowest BCUT2D eigenvalue weighted by Gasteiger charge is -2.44. The van der Waals surface area contributed by atoms with Crippen molar-refractivity contribution in [2.45, 2.75) is 13.0 Å². The average molecular weight is 374 g/mol. The third-order valence-electron chi connectivity index (χ3n) is 5.18. The number of rotatable bonds is 3. The van der Waals surface area contributed by atoms with Crippen LogP contribution in [0.2, 0.25) is 0 Å². The highest BCUT2D eigenvalue weighted by atomic mass is 16.2. The molecule has 1 aromatic carbocycles. The van der Waals surface area contributed by atoms with E-state index in [2.05, 4.69) is 30.2 Å². The molecule has 0 bridgehead atoms. The van der Waals surface area contributed by atoms with Gasteiger partial charge in [-0.1, -0.05) is 0 Å². The standard InChI is InChI=1S/C19H18N8O/c1-12-22-23-17-5-6-18(24-27(12)17)26-10-14(11-26)25(2)19(28)13-3-4-15-16(9-13)21-8-7-20-15/h3-9,14H,10-11H2,1-2H3. The van der Waals surface area contributed by atoms with Crippen LogP contribution in [0.5, 0.6) is 0 Å². The van der Waals surface area contributed by atoms with Gasteiger partial charge in [0.25, 0.3) is 5.91 Å². The maximum absolute atomic E-state index is 12.9. The Hall–Kier alpha value is -3.62. The van der Waals surface area contributed by atoms with E-state index in [1.807, 2.05) is 32.2 Å². The van der Waals surface area contributed by atoms with Crippen molar-refractivity contribution in [3.8, 4) is 0 Å². The molecule has 0 aliphatic carbocycles. The van der Waals surface area contributed by atoms with Gasteiger partial charge in [-0.3, -0.25) is 14.8 Å². The third kappa shape index (κ3) is 2.63. The number of anilines is 1. The van der Waals surface area contributed by atoms with Crippen LogP contribution in [-0.4, -0.2) is 66.8 Å². The first-order chi connectivity index (χ1) is 13.6. The maximum atomic E-state index is 12.9. The first-order valence-corrected chi connectivity index (χ1v) is 9.02. The van der Waals surface area contributed by atoms with E-state index in [1.165, 1.54) is 0 Å². The zero-order valence-electron chi connectivity index (χ0n) is 15.5. The molecule has 0 unspecified atom stereocenters. The van der Waals surface area contributed by atoms with E-state index in [0.717, 1.165) is 41.4 Å². The summed E-state index contributed by atoms with van der Waals surface area (Å²) in [7, 11) is 1.84. The van der Waals surface area contributed by atoms with Gasteiger partial charge in [0, 0.05) is 38.1 Å². The molecule has 1 aliphatic heterocycles. The van der Waals surface area contributed by atoms with Gasteiger partial charge in [0.05, 0.1) is 17.1 Å². The molecule has 1 fully saturated rings. The molecular weight excluding hydrogens is 356 g/mol. The van der Waals surface area contributed by atoms with Gasteiger partial charge in [0.15, 0.2) is 11.5 Å². The second kappa shape index (κ2) is 6.22. The number of nitrogens with zero attached hydrogens (tertiary/aromatic N) is 8. The van der Waals surface area contributed by atoms with E-state index >= 15 is 0 Å². The number of amides is 1. The van der Waals surface area contributed by atoms with Crippen LogP contribution in [0.15, 0.2) is 42.7 Å². The molecule has 28 heavy (non-hydrogen) atoms. The molecule has 0 radical (unpaired) electrons. The summed E-state index contributed by atoms with van der Waals surface area (Å²) in [6, 6.07) is 9.39. The second-order valence-corrected chi connectivity index (χ2v) is 6.94. The molecule has 0 saturated carbocycles. The average Bonchev–Trinajstić information content (AvgIpc) is 3.06. The van der Waals surface area contributed by atoms with Gasteiger partial charge >= 0.3 is 0 Å². The molecule has 1 saturated heterocycles. The molecule has 1 aliphatic rings. The fraction of sp³-hybridized carbons (Fsp3) is 0.263. The number of aryl methyl sites for hydroxylation is 1. The smallest absolute Gasteiger partial charge is 0.254 e. The summed E-state index contributed by atoms with van der Waals surface area (Å²) in [5.41, 5.74) is 2.85. The SMILES string of the molecule is Cc1nnc2ccc(N3CC(N(C)C(=O)c4ccc5nccnc5c4)C3)nn12. The molecule has 0 N–H and O–H groups in total. The van der Waals surface area contributed by atoms with Crippen LogP contribution >= 0.6 is 0 Å². The predicted molar refractivity (Wildman–Crippen MR) is 103 cm³/mol. The van der Waals surface area contributed by atoms with Gasteiger partial charge in [-0.2, -0.15) is 4.52 Å². The zero-order valence-corrected chi connectivity index (χ0v) is 15.5. The Morgan fingerprint density at radius 3 is 2.68 bits per heavy atom. The monoisotopic (exact) mass is 374 g/mol. The fourth-order valence-corrected chi connectivity index (χ4v) is 3.41. The first-order valence-electron chi connectivity index (χ1n) is 9.02. The lowest BCUT2D eigenvalue weighted by atomic mass is 10.1. The number of hydrogen-bond acceptors (Lipinski definition) is 7. The van der Waals surface area contributed by atoms with Crippen LogP contribution in [0.25, 0.3) is 16.7 Å². The van der Waals surface area contributed by atoms with Crippen molar-refractivity contribution in [2.24, 2.45) is 0 Å². The maximum Gasteiger partial charge on any atom is 0.254 e. The topological polar surface area (TPSA) is 92.4 Å². The second-order valence-electron chi connectivity index (χ2n) is 6.94. The Balaban J connectivity index is 1.30. The minimum absolute atomic E-state index is 0.0183. The summed E-state index contributed by atoms with van der Waals surface area (Å²) in [5.74, 6) is 1.59. The largest absolute Gasteiger partial charge is 0.351 e. The van der Waals surface area contributed by atoms with Crippen molar-refractivity contribution in [2.75, 3.05) is 25.0 Å². The molecule has 0 atom stereocenters. The molecule has 5 rings (SSSR count). The number of benzene rings is 1. The summed E-state index contributed by atoms with van der Waals surface area (Å²) in [5, 5.41) is 12.7. The van der Waals surface area contributed by atoms with E-state index < -0.39 is 0 Å². The van der Waals surface area contributed by atoms with Crippen LogP contribution in [0, 0.1) is 6.92 Å². The molecule has 9 heteroatoms. The van der Waals surface area contributed by atoms with Crippen LogP contribution in [-0.2, 0) is 0 Å². The Bertz CT molecular complexity index is 1200. The number of hydrogen-bond donors (Lipinski definition) is 0. The van der Waals surface area contributed by atoms with E-state index in [9.17, 15) is 4.79 Å². The van der Waals surface area contributed by atoms with Crippen molar-refractivity contribution in [1.82, 2.24) is 34.7 Å². The molecule has 3 aromatic heterocycles. The van der Waals surface area contributed by atoms with Gasteiger partial charge in [-0.25, -0.2) is 0 Å². The van der Waals surface area contributed by atoms with Crippen LogP contribution < -0.4 is 4.90 Å². The summed E-state index contributed by atoms with van der Waals surface area (Å²) < 4.78 is 1.73. The Morgan fingerprint density at radius 2 is 1.86 bits per heavy atom. The summed E-state index contributed by atoms with van der Waals surface area (Å²) in [6.45, 7) is 3.33. The quantitative estimate of drug-likeness (QED) is 0.534. The first kappa shape index (κ1) is 16.5. The number of fused-ring (bicyclic) bond motifs is 2. The minimum atomic E-state index is -0.0183. The van der Waals surface area contributed by atoms with Crippen LogP contribution in [0.1, 0.15) is 16.2 Å². The third-order valence-corrected chi connectivity index (χ3v) is 5.18. The highest BCUT2D eigenvalue weighted by Crippen LogP contribution is 2.23. The molecule has 1 amide bonds. The predicted octanol–water partition coefficient (Wildman–Crippen LogP) is 1.34. The van der Waals surface area contributed by atoms with Gasteiger partial charge in [-0.05, 0) is 37.3 Å². The van der Waals surface area contributed by atoms with Crippen LogP contribution in [0.4, 0.5) is 5.82 Å². The normalized spacial score (nSPS) is 14.4. The van der Waals surface area contributed by atoms with Gasteiger partial charge in [0.1, 0.15) is 5.82 Å². The Morgan fingerprint density at radius 1 is 1.07 bits per heavy atom. The van der Waals surface area contributed by atoms with E-state index in [-0.39, 0.29) is 11.9 Å². The zero-order chi connectivity index (χ0) is 19.3. The van der Waals surface area contributed by atoms with Gasteiger partial charge in [-0.15, -0.1) is 15.3 Å². The number of likely N-dealkylation sites (N-methyl/N-ethyl adjacent to an activating group) is 1.